The minimum atomic E-state index is -0.664. The highest BCUT2D eigenvalue weighted by Crippen LogP contribution is 2.37. The molecule has 1 aliphatic rings. The van der Waals surface area contributed by atoms with Crippen LogP contribution in [0.3, 0.4) is 0 Å². The van der Waals surface area contributed by atoms with Gasteiger partial charge in [0.25, 0.3) is 5.91 Å². The van der Waals surface area contributed by atoms with Gasteiger partial charge < -0.3 is 19.5 Å². The number of benzene rings is 1. The Kier molecular flexibility index (Phi) is 7.87. The number of rotatable bonds is 7. The van der Waals surface area contributed by atoms with Crippen LogP contribution in [0, 0.1) is 0 Å². The second kappa shape index (κ2) is 10.6. The molecule has 0 radical (unpaired) electrons. The summed E-state index contributed by atoms with van der Waals surface area (Å²) < 4.78 is 16.1. The molecular formula is C21H22BrNO6S. The number of hydrogen-bond acceptors (Lipinski definition) is 7. The molecule has 1 aliphatic carbocycles. The van der Waals surface area contributed by atoms with Gasteiger partial charge >= 0.3 is 11.9 Å². The molecule has 0 aliphatic heterocycles. The topological polar surface area (TPSA) is 90.9 Å². The molecule has 3 rings (SSSR count). The van der Waals surface area contributed by atoms with Crippen LogP contribution in [-0.4, -0.2) is 38.2 Å². The predicted molar refractivity (Wildman–Crippen MR) is 116 cm³/mol. The lowest BCUT2D eigenvalue weighted by Crippen LogP contribution is -2.24. The molecule has 0 saturated heterocycles. The van der Waals surface area contributed by atoms with Crippen molar-refractivity contribution in [2.24, 2.45) is 0 Å². The Morgan fingerprint density at radius 1 is 1.07 bits per heavy atom. The van der Waals surface area contributed by atoms with Crippen molar-refractivity contribution in [2.45, 2.75) is 32.1 Å². The Balaban J connectivity index is 1.56. The van der Waals surface area contributed by atoms with E-state index in [9.17, 15) is 14.4 Å². The van der Waals surface area contributed by atoms with E-state index in [-0.39, 0.29) is 6.61 Å². The van der Waals surface area contributed by atoms with Crippen molar-refractivity contribution in [3.8, 4) is 5.75 Å². The van der Waals surface area contributed by atoms with E-state index in [1.54, 1.807) is 24.3 Å². The van der Waals surface area contributed by atoms with Crippen LogP contribution in [-0.2, 0) is 31.9 Å². The van der Waals surface area contributed by atoms with Crippen LogP contribution in [0.2, 0.25) is 0 Å². The number of esters is 2. The zero-order valence-corrected chi connectivity index (χ0v) is 18.9. The van der Waals surface area contributed by atoms with Gasteiger partial charge in [-0.3, -0.25) is 4.79 Å². The molecule has 1 aromatic heterocycles. The van der Waals surface area contributed by atoms with Crippen LogP contribution >= 0.6 is 27.3 Å². The van der Waals surface area contributed by atoms with Crippen LogP contribution in [0.4, 0.5) is 5.00 Å². The third-order valence-electron chi connectivity index (χ3n) is 4.60. The monoisotopic (exact) mass is 495 g/mol. The molecular weight excluding hydrogens is 474 g/mol. The SMILES string of the molecule is COC(=O)c1c(NC(=O)COC(=O)COc2ccc(Br)cc2)sc2c1CCCCC2. The van der Waals surface area contributed by atoms with E-state index in [1.807, 2.05) is 0 Å². The minimum Gasteiger partial charge on any atom is -0.482 e. The van der Waals surface area contributed by atoms with Crippen molar-refractivity contribution < 1.29 is 28.6 Å². The fourth-order valence-corrected chi connectivity index (χ4v) is 4.73. The van der Waals surface area contributed by atoms with Crippen LogP contribution in [0.15, 0.2) is 28.7 Å². The van der Waals surface area contributed by atoms with E-state index < -0.39 is 24.5 Å². The second-order valence-electron chi connectivity index (χ2n) is 6.71. The maximum Gasteiger partial charge on any atom is 0.344 e. The van der Waals surface area contributed by atoms with Crippen LogP contribution in [0.5, 0.6) is 5.75 Å². The first kappa shape index (κ1) is 22.3. The van der Waals surface area contributed by atoms with Gasteiger partial charge in [0.05, 0.1) is 12.7 Å². The number of methoxy groups -OCH3 is 1. The largest absolute Gasteiger partial charge is 0.482 e. The van der Waals surface area contributed by atoms with Gasteiger partial charge in [-0.15, -0.1) is 11.3 Å². The highest BCUT2D eigenvalue weighted by Gasteiger charge is 2.26. The lowest BCUT2D eigenvalue weighted by Gasteiger charge is -2.09. The maximum atomic E-state index is 12.3. The van der Waals surface area contributed by atoms with Gasteiger partial charge in [-0.25, -0.2) is 9.59 Å². The molecule has 2 aromatic rings. The summed E-state index contributed by atoms with van der Waals surface area (Å²) in [5.74, 6) is -1.14. The summed E-state index contributed by atoms with van der Waals surface area (Å²) in [7, 11) is 1.32. The second-order valence-corrected chi connectivity index (χ2v) is 8.73. The molecule has 160 valence electrons. The summed E-state index contributed by atoms with van der Waals surface area (Å²) in [5, 5.41) is 3.14. The van der Waals surface area contributed by atoms with E-state index in [0.29, 0.717) is 16.3 Å². The zero-order chi connectivity index (χ0) is 21.5. The van der Waals surface area contributed by atoms with Crippen molar-refractivity contribution >= 4 is 50.1 Å². The number of carbonyl (C=O) groups is 3. The van der Waals surface area contributed by atoms with Crippen molar-refractivity contribution in [1.29, 1.82) is 0 Å². The van der Waals surface area contributed by atoms with E-state index in [2.05, 4.69) is 21.2 Å². The van der Waals surface area contributed by atoms with Crippen molar-refractivity contribution in [2.75, 3.05) is 25.6 Å². The molecule has 0 atom stereocenters. The third-order valence-corrected chi connectivity index (χ3v) is 6.33. The van der Waals surface area contributed by atoms with Gasteiger partial charge in [-0.05, 0) is 55.5 Å². The molecule has 1 aromatic carbocycles. The lowest BCUT2D eigenvalue weighted by atomic mass is 10.1. The Morgan fingerprint density at radius 2 is 1.80 bits per heavy atom. The number of ether oxygens (including phenoxy) is 3. The Bertz CT molecular complexity index is 924. The fraction of sp³-hybridized carbons (Fsp3) is 0.381. The molecule has 7 nitrogen and oxygen atoms in total. The number of carbonyl (C=O) groups excluding carboxylic acids is 3. The number of nitrogens with one attached hydrogen (secondary N) is 1. The van der Waals surface area contributed by atoms with E-state index >= 15 is 0 Å². The third kappa shape index (κ3) is 5.82. The Labute approximate surface area is 186 Å². The molecule has 1 heterocycles. The number of aryl methyl sites for hydroxylation is 1. The molecule has 1 amide bonds. The van der Waals surface area contributed by atoms with Crippen molar-refractivity contribution in [1.82, 2.24) is 0 Å². The van der Waals surface area contributed by atoms with Gasteiger partial charge in [0.1, 0.15) is 10.8 Å². The normalized spacial score (nSPS) is 13.0. The molecule has 0 saturated carbocycles. The first-order chi connectivity index (χ1) is 14.5. The number of amides is 1. The Morgan fingerprint density at radius 3 is 2.53 bits per heavy atom. The average Bonchev–Trinajstić information content (AvgIpc) is 2.91. The number of halogens is 1. The summed E-state index contributed by atoms with van der Waals surface area (Å²) in [5.41, 5.74) is 1.37. The minimum absolute atomic E-state index is 0.310. The van der Waals surface area contributed by atoms with Crippen molar-refractivity contribution in [3.05, 3.63) is 44.7 Å². The first-order valence-electron chi connectivity index (χ1n) is 9.54. The maximum absolute atomic E-state index is 12.3. The summed E-state index contributed by atoms with van der Waals surface area (Å²) in [6.07, 6.45) is 4.83. The highest BCUT2D eigenvalue weighted by atomic mass is 79.9. The van der Waals surface area contributed by atoms with Gasteiger partial charge in [0.2, 0.25) is 0 Å². The summed E-state index contributed by atoms with van der Waals surface area (Å²) >= 11 is 4.70. The van der Waals surface area contributed by atoms with E-state index in [0.717, 1.165) is 47.0 Å². The van der Waals surface area contributed by atoms with Gasteiger partial charge in [0, 0.05) is 9.35 Å². The zero-order valence-electron chi connectivity index (χ0n) is 16.5. The number of anilines is 1. The standard InChI is InChI=1S/C21H22BrNO6S/c1-27-21(26)19-15-5-3-2-4-6-16(15)30-20(19)23-17(24)11-29-18(25)12-28-14-9-7-13(22)8-10-14/h7-10H,2-6,11-12H2,1H3,(H,23,24). The molecule has 9 heteroatoms. The Hall–Kier alpha value is -2.39. The molecule has 0 bridgehead atoms. The fourth-order valence-electron chi connectivity index (χ4n) is 3.17. The van der Waals surface area contributed by atoms with Crippen LogP contribution in [0.1, 0.15) is 40.1 Å². The molecule has 0 spiro atoms. The lowest BCUT2D eigenvalue weighted by molar-refractivity contribution is -0.149. The highest BCUT2D eigenvalue weighted by molar-refractivity contribution is 9.10. The van der Waals surface area contributed by atoms with Crippen molar-refractivity contribution in [3.63, 3.8) is 0 Å². The summed E-state index contributed by atoms with van der Waals surface area (Å²) in [4.78, 5) is 37.5. The van der Waals surface area contributed by atoms with Gasteiger partial charge in [0.15, 0.2) is 13.2 Å². The van der Waals surface area contributed by atoms with E-state index in [1.165, 1.54) is 18.4 Å². The summed E-state index contributed by atoms with van der Waals surface area (Å²) in [6.45, 7) is -0.776. The molecule has 0 fully saturated rings. The molecule has 1 N–H and O–H groups in total. The quantitative estimate of drug-likeness (QED) is 0.458. The van der Waals surface area contributed by atoms with Gasteiger partial charge in [-0.1, -0.05) is 22.4 Å². The predicted octanol–water partition coefficient (Wildman–Crippen LogP) is 4.13. The smallest absolute Gasteiger partial charge is 0.344 e. The van der Waals surface area contributed by atoms with Crippen LogP contribution < -0.4 is 10.1 Å². The molecule has 0 unspecified atom stereocenters. The van der Waals surface area contributed by atoms with E-state index in [4.69, 9.17) is 14.2 Å². The number of fused-ring (bicyclic) bond motifs is 1. The number of hydrogen-bond donors (Lipinski definition) is 1. The molecule has 30 heavy (non-hydrogen) atoms. The summed E-state index contributed by atoms with van der Waals surface area (Å²) in [6, 6.07) is 6.99. The average molecular weight is 496 g/mol. The van der Waals surface area contributed by atoms with Gasteiger partial charge in [-0.2, -0.15) is 0 Å². The van der Waals surface area contributed by atoms with Crippen LogP contribution in [0.25, 0.3) is 0 Å². The number of thiophene rings is 1. The first-order valence-corrected chi connectivity index (χ1v) is 11.2.